The lowest BCUT2D eigenvalue weighted by Gasteiger charge is -2.24. The van der Waals surface area contributed by atoms with Gasteiger partial charge in [0.1, 0.15) is 0 Å². The standard InChI is InChI=1S/C18H25BrO/c19-17(15-7-2-1-3-8-15)10-6-9-16-11-14-18(20-16)12-4-5-13-18/h1-3,7-8,16-17H,4-6,9-14H2. The van der Waals surface area contributed by atoms with Gasteiger partial charge in [-0.05, 0) is 50.5 Å². The Balaban J connectivity index is 1.40. The van der Waals surface area contributed by atoms with E-state index in [-0.39, 0.29) is 0 Å². The van der Waals surface area contributed by atoms with E-state index in [0.717, 1.165) is 0 Å². The van der Waals surface area contributed by atoms with Crippen molar-refractivity contribution in [2.75, 3.05) is 0 Å². The molecule has 0 amide bonds. The fourth-order valence-electron chi connectivity index (χ4n) is 3.84. The first kappa shape index (κ1) is 14.6. The molecule has 2 aliphatic rings. The molecule has 2 unspecified atom stereocenters. The molecule has 3 rings (SSSR count). The predicted molar refractivity (Wildman–Crippen MR) is 87.3 cm³/mol. The second-order valence-corrected chi connectivity index (χ2v) is 7.58. The quantitative estimate of drug-likeness (QED) is 0.619. The van der Waals surface area contributed by atoms with E-state index in [2.05, 4.69) is 46.3 Å². The van der Waals surface area contributed by atoms with E-state index in [1.807, 2.05) is 0 Å². The molecule has 1 aliphatic carbocycles. The summed E-state index contributed by atoms with van der Waals surface area (Å²) in [7, 11) is 0. The first-order chi connectivity index (χ1) is 9.77. The Kier molecular flexibility index (Phi) is 4.83. The zero-order valence-electron chi connectivity index (χ0n) is 12.2. The highest BCUT2D eigenvalue weighted by molar-refractivity contribution is 9.09. The van der Waals surface area contributed by atoms with Crippen molar-refractivity contribution >= 4 is 15.9 Å². The smallest absolute Gasteiger partial charge is 0.0687 e. The van der Waals surface area contributed by atoms with E-state index in [1.54, 1.807) is 0 Å². The van der Waals surface area contributed by atoms with Crippen molar-refractivity contribution in [1.82, 2.24) is 0 Å². The van der Waals surface area contributed by atoms with Gasteiger partial charge >= 0.3 is 0 Å². The summed E-state index contributed by atoms with van der Waals surface area (Å²) in [5.74, 6) is 0. The lowest BCUT2D eigenvalue weighted by Crippen LogP contribution is -2.24. The van der Waals surface area contributed by atoms with Gasteiger partial charge < -0.3 is 4.74 Å². The van der Waals surface area contributed by atoms with Crippen molar-refractivity contribution in [3.05, 3.63) is 35.9 Å². The summed E-state index contributed by atoms with van der Waals surface area (Å²) in [5.41, 5.74) is 1.70. The van der Waals surface area contributed by atoms with Crippen molar-refractivity contribution < 1.29 is 4.74 Å². The minimum Gasteiger partial charge on any atom is -0.372 e. The van der Waals surface area contributed by atoms with Gasteiger partial charge in [-0.2, -0.15) is 0 Å². The normalized spacial score (nSPS) is 26.1. The number of rotatable bonds is 5. The van der Waals surface area contributed by atoms with Gasteiger partial charge in [-0.1, -0.05) is 59.1 Å². The molecule has 2 fully saturated rings. The molecule has 0 bridgehead atoms. The number of benzene rings is 1. The lowest BCUT2D eigenvalue weighted by molar-refractivity contribution is -0.0394. The van der Waals surface area contributed by atoms with E-state index in [4.69, 9.17) is 4.74 Å². The molecule has 110 valence electrons. The Morgan fingerprint density at radius 2 is 1.90 bits per heavy atom. The molecule has 1 saturated heterocycles. The molecule has 2 heteroatoms. The second kappa shape index (κ2) is 6.62. The molecule has 0 aromatic heterocycles. The zero-order chi connectivity index (χ0) is 13.8. The summed E-state index contributed by atoms with van der Waals surface area (Å²) in [5, 5.41) is 0. The van der Waals surface area contributed by atoms with Crippen LogP contribution < -0.4 is 0 Å². The minimum atomic E-state index is 0.303. The van der Waals surface area contributed by atoms with E-state index in [9.17, 15) is 0 Å². The first-order valence-electron chi connectivity index (χ1n) is 8.14. The monoisotopic (exact) mass is 336 g/mol. The molecule has 1 heterocycles. The van der Waals surface area contributed by atoms with Gasteiger partial charge in [0.15, 0.2) is 0 Å². The van der Waals surface area contributed by atoms with E-state index in [1.165, 1.54) is 63.4 Å². The van der Waals surface area contributed by atoms with Crippen LogP contribution in [-0.2, 0) is 4.74 Å². The zero-order valence-corrected chi connectivity index (χ0v) is 13.8. The van der Waals surface area contributed by atoms with Crippen molar-refractivity contribution in [2.45, 2.75) is 74.3 Å². The van der Waals surface area contributed by atoms with Gasteiger partial charge in [0.2, 0.25) is 0 Å². The fraction of sp³-hybridized carbons (Fsp3) is 0.667. The van der Waals surface area contributed by atoms with Crippen LogP contribution in [0.1, 0.15) is 68.2 Å². The van der Waals surface area contributed by atoms with Crippen LogP contribution in [-0.4, -0.2) is 11.7 Å². The van der Waals surface area contributed by atoms with Crippen LogP contribution in [0.4, 0.5) is 0 Å². The number of hydrogen-bond acceptors (Lipinski definition) is 1. The second-order valence-electron chi connectivity index (χ2n) is 6.48. The molecule has 20 heavy (non-hydrogen) atoms. The molecule has 1 aromatic rings. The van der Waals surface area contributed by atoms with E-state index in [0.29, 0.717) is 16.5 Å². The maximum atomic E-state index is 6.38. The number of halogens is 1. The third kappa shape index (κ3) is 3.46. The number of ether oxygens (including phenoxy) is 1. The Morgan fingerprint density at radius 1 is 1.15 bits per heavy atom. The van der Waals surface area contributed by atoms with Gasteiger partial charge in [-0.15, -0.1) is 0 Å². The van der Waals surface area contributed by atoms with Crippen molar-refractivity contribution in [3.63, 3.8) is 0 Å². The number of alkyl halides is 1. The highest BCUT2D eigenvalue weighted by Gasteiger charge is 2.41. The Labute approximate surface area is 131 Å². The Morgan fingerprint density at radius 3 is 2.65 bits per heavy atom. The molecular formula is C18H25BrO. The maximum absolute atomic E-state index is 6.38. The molecule has 0 N–H and O–H groups in total. The maximum Gasteiger partial charge on any atom is 0.0687 e. The topological polar surface area (TPSA) is 9.23 Å². The van der Waals surface area contributed by atoms with Crippen LogP contribution in [0.2, 0.25) is 0 Å². The predicted octanol–water partition coefficient (Wildman–Crippen LogP) is 5.78. The number of hydrogen-bond donors (Lipinski definition) is 0. The van der Waals surface area contributed by atoms with Crippen molar-refractivity contribution in [3.8, 4) is 0 Å². The largest absolute Gasteiger partial charge is 0.372 e. The van der Waals surface area contributed by atoms with Crippen molar-refractivity contribution in [2.24, 2.45) is 0 Å². The third-order valence-electron chi connectivity index (χ3n) is 5.00. The highest BCUT2D eigenvalue weighted by atomic mass is 79.9. The van der Waals surface area contributed by atoms with Crippen LogP contribution in [0, 0.1) is 0 Å². The summed E-state index contributed by atoms with van der Waals surface area (Å²) in [4.78, 5) is 0.491. The van der Waals surface area contributed by atoms with E-state index >= 15 is 0 Å². The average Bonchev–Trinajstić information content (AvgIpc) is 3.10. The Bertz CT molecular complexity index is 411. The van der Waals surface area contributed by atoms with Crippen LogP contribution in [0.15, 0.2) is 30.3 Å². The first-order valence-corrected chi connectivity index (χ1v) is 9.06. The summed E-state index contributed by atoms with van der Waals surface area (Å²) < 4.78 is 6.38. The molecule has 1 aliphatic heterocycles. The fourth-order valence-corrected chi connectivity index (χ4v) is 4.47. The summed E-state index contributed by atoms with van der Waals surface area (Å²) in [6, 6.07) is 10.7. The third-order valence-corrected chi connectivity index (χ3v) is 5.98. The molecule has 2 atom stereocenters. The van der Waals surface area contributed by atoms with Gasteiger partial charge in [0, 0.05) is 4.83 Å². The average molecular weight is 337 g/mol. The minimum absolute atomic E-state index is 0.303. The van der Waals surface area contributed by atoms with Gasteiger partial charge in [0.05, 0.1) is 11.7 Å². The molecule has 0 radical (unpaired) electrons. The SMILES string of the molecule is BrC(CCCC1CCC2(CCCC2)O1)c1ccccc1. The molecule has 1 spiro atoms. The summed E-state index contributed by atoms with van der Waals surface area (Å²) >= 11 is 3.81. The van der Waals surface area contributed by atoms with Crippen LogP contribution in [0.3, 0.4) is 0 Å². The van der Waals surface area contributed by atoms with Crippen LogP contribution in [0.25, 0.3) is 0 Å². The summed E-state index contributed by atoms with van der Waals surface area (Å²) in [6.45, 7) is 0. The molecule has 1 aromatic carbocycles. The molecular weight excluding hydrogens is 312 g/mol. The lowest BCUT2D eigenvalue weighted by atomic mass is 9.97. The van der Waals surface area contributed by atoms with E-state index < -0.39 is 0 Å². The summed E-state index contributed by atoms with van der Waals surface area (Å²) in [6.07, 6.45) is 12.2. The molecule has 1 saturated carbocycles. The van der Waals surface area contributed by atoms with Gasteiger partial charge in [-0.25, -0.2) is 0 Å². The molecule has 1 nitrogen and oxygen atoms in total. The van der Waals surface area contributed by atoms with Crippen molar-refractivity contribution in [1.29, 1.82) is 0 Å². The highest BCUT2D eigenvalue weighted by Crippen LogP contribution is 2.44. The van der Waals surface area contributed by atoms with Gasteiger partial charge in [-0.3, -0.25) is 0 Å². The van der Waals surface area contributed by atoms with Gasteiger partial charge in [0.25, 0.3) is 0 Å². The van der Waals surface area contributed by atoms with Crippen LogP contribution >= 0.6 is 15.9 Å². The Hall–Kier alpha value is -0.340. The van der Waals surface area contributed by atoms with Crippen LogP contribution in [0.5, 0.6) is 0 Å².